The summed E-state index contributed by atoms with van der Waals surface area (Å²) in [6.07, 6.45) is 2.07. The summed E-state index contributed by atoms with van der Waals surface area (Å²) < 4.78 is 51.6. The molecule has 1 heterocycles. The number of nitrogens with one attached hydrogen (secondary N) is 2. The Bertz CT molecular complexity index is 759. The Labute approximate surface area is 111 Å². The van der Waals surface area contributed by atoms with Crippen LogP contribution in [0.5, 0.6) is 0 Å². The van der Waals surface area contributed by atoms with Gasteiger partial charge in [-0.25, -0.2) is 18.6 Å². The van der Waals surface area contributed by atoms with Gasteiger partial charge in [0, 0.05) is 6.07 Å². The number of imidazole rings is 1. The summed E-state index contributed by atoms with van der Waals surface area (Å²) >= 11 is 0. The molecule has 3 N–H and O–H groups in total. The molecule has 0 saturated heterocycles. The molecule has 10 heteroatoms. The van der Waals surface area contributed by atoms with Crippen molar-refractivity contribution < 1.29 is 27.1 Å². The number of aromatic nitrogens is 2. The fourth-order valence-electron chi connectivity index (χ4n) is 1.40. The molecule has 0 unspecified atom stereocenters. The molecule has 2 rings (SSSR count). The van der Waals surface area contributed by atoms with Crippen LogP contribution < -0.4 is 4.72 Å². The fourth-order valence-corrected chi connectivity index (χ4v) is 2.37. The minimum atomic E-state index is -4.18. The number of anilines is 1. The van der Waals surface area contributed by atoms with Crippen LogP contribution in [0.25, 0.3) is 0 Å². The third kappa shape index (κ3) is 2.59. The summed E-state index contributed by atoms with van der Waals surface area (Å²) in [5.41, 5.74) is -1.31. The molecule has 1 aromatic carbocycles. The maximum Gasteiger partial charge on any atom is 0.337 e. The predicted molar refractivity (Wildman–Crippen MR) is 62.7 cm³/mol. The third-order valence-corrected chi connectivity index (χ3v) is 3.59. The van der Waals surface area contributed by atoms with E-state index in [1.54, 1.807) is 0 Å². The number of rotatable bonds is 4. The van der Waals surface area contributed by atoms with E-state index >= 15 is 0 Å². The molecule has 0 bridgehead atoms. The summed E-state index contributed by atoms with van der Waals surface area (Å²) in [7, 11) is -4.18. The first kappa shape index (κ1) is 13.9. The maximum atomic E-state index is 13.1. The topological polar surface area (TPSA) is 112 Å². The van der Waals surface area contributed by atoms with Gasteiger partial charge >= 0.3 is 5.97 Å². The molecule has 106 valence electrons. The highest BCUT2D eigenvalue weighted by atomic mass is 32.2. The highest BCUT2D eigenvalue weighted by molar-refractivity contribution is 7.92. The number of nitrogens with zero attached hydrogens (tertiary/aromatic N) is 1. The lowest BCUT2D eigenvalue weighted by Gasteiger charge is -2.09. The molecule has 2 aromatic rings. The van der Waals surface area contributed by atoms with Gasteiger partial charge in [0.05, 0.1) is 23.8 Å². The van der Waals surface area contributed by atoms with Crippen molar-refractivity contribution >= 4 is 21.7 Å². The van der Waals surface area contributed by atoms with E-state index in [0.717, 1.165) is 12.5 Å². The Balaban J connectivity index is 2.49. The maximum absolute atomic E-state index is 13.1. The molecule has 0 amide bonds. The van der Waals surface area contributed by atoms with Crippen LogP contribution in [0, 0.1) is 11.6 Å². The molecule has 0 fully saturated rings. The molecule has 0 spiro atoms. The molecule has 0 radical (unpaired) electrons. The van der Waals surface area contributed by atoms with E-state index in [9.17, 15) is 22.0 Å². The minimum absolute atomic E-state index is 0.349. The Hall–Kier alpha value is -2.49. The van der Waals surface area contributed by atoms with Gasteiger partial charge in [-0.1, -0.05) is 0 Å². The zero-order valence-electron chi connectivity index (χ0n) is 9.59. The number of H-pyrrole nitrogens is 1. The number of hydrogen-bond acceptors (Lipinski definition) is 4. The van der Waals surface area contributed by atoms with Crippen molar-refractivity contribution in [1.82, 2.24) is 9.97 Å². The summed E-state index contributed by atoms with van der Waals surface area (Å²) in [5.74, 6) is -4.38. The first-order chi connectivity index (χ1) is 9.31. The molecule has 0 aliphatic rings. The van der Waals surface area contributed by atoms with Crippen LogP contribution in [0.2, 0.25) is 0 Å². The van der Waals surface area contributed by atoms with Crippen LogP contribution in [0.15, 0.2) is 29.7 Å². The van der Waals surface area contributed by atoms with E-state index in [1.165, 1.54) is 0 Å². The number of halogens is 2. The van der Waals surface area contributed by atoms with Crippen LogP contribution in [0.3, 0.4) is 0 Å². The number of carbonyl (C=O) groups is 1. The zero-order valence-corrected chi connectivity index (χ0v) is 10.4. The van der Waals surface area contributed by atoms with E-state index in [4.69, 9.17) is 5.11 Å². The fraction of sp³-hybridized carbons (Fsp3) is 0. The molecule has 7 nitrogen and oxygen atoms in total. The van der Waals surface area contributed by atoms with Gasteiger partial charge < -0.3 is 10.1 Å². The molecule has 0 aliphatic heterocycles. The molecule has 0 atom stereocenters. The lowest BCUT2D eigenvalue weighted by Crippen LogP contribution is -2.16. The van der Waals surface area contributed by atoms with E-state index in [-0.39, 0.29) is 5.03 Å². The van der Waals surface area contributed by atoms with Crippen LogP contribution in [-0.2, 0) is 10.0 Å². The minimum Gasteiger partial charge on any atom is -0.478 e. The van der Waals surface area contributed by atoms with Crippen molar-refractivity contribution in [3.63, 3.8) is 0 Å². The first-order valence-corrected chi connectivity index (χ1v) is 6.53. The number of carboxylic acid groups (broad SMARTS) is 1. The van der Waals surface area contributed by atoms with Gasteiger partial charge in [-0.15, -0.1) is 0 Å². The Morgan fingerprint density at radius 2 is 1.95 bits per heavy atom. The Morgan fingerprint density at radius 1 is 1.30 bits per heavy atom. The quantitative estimate of drug-likeness (QED) is 0.785. The lowest BCUT2D eigenvalue weighted by molar-refractivity contribution is 0.0697. The van der Waals surface area contributed by atoms with Crippen molar-refractivity contribution in [2.24, 2.45) is 0 Å². The van der Waals surface area contributed by atoms with Crippen LogP contribution >= 0.6 is 0 Å². The van der Waals surface area contributed by atoms with Crippen molar-refractivity contribution in [3.8, 4) is 0 Å². The molecule has 0 aliphatic carbocycles. The monoisotopic (exact) mass is 303 g/mol. The van der Waals surface area contributed by atoms with E-state index in [0.29, 0.717) is 12.1 Å². The van der Waals surface area contributed by atoms with Crippen molar-refractivity contribution in [2.45, 2.75) is 5.03 Å². The standard InChI is InChI=1S/C10H7F2N3O4S/c11-6-1-5(10(16)17)8(2-7(6)12)15-20(18,19)9-3-13-4-14-9/h1-4,15H,(H,13,14)(H,16,17). The summed E-state index contributed by atoms with van der Waals surface area (Å²) in [6.45, 7) is 0. The van der Waals surface area contributed by atoms with Gasteiger partial charge in [-0.05, 0) is 6.07 Å². The van der Waals surface area contributed by atoms with Crippen molar-refractivity contribution in [1.29, 1.82) is 0 Å². The molecular weight excluding hydrogens is 296 g/mol. The van der Waals surface area contributed by atoms with Gasteiger partial charge in [0.1, 0.15) is 0 Å². The largest absolute Gasteiger partial charge is 0.478 e. The van der Waals surface area contributed by atoms with E-state index < -0.39 is 38.9 Å². The second-order valence-corrected chi connectivity index (χ2v) is 5.29. The van der Waals surface area contributed by atoms with Gasteiger partial charge in [0.2, 0.25) is 0 Å². The smallest absolute Gasteiger partial charge is 0.337 e. The van der Waals surface area contributed by atoms with Crippen LogP contribution in [0.1, 0.15) is 10.4 Å². The zero-order chi connectivity index (χ0) is 14.9. The number of aromatic carboxylic acids is 1. The van der Waals surface area contributed by atoms with E-state index in [2.05, 4.69) is 9.97 Å². The molecule has 1 aromatic heterocycles. The summed E-state index contributed by atoms with van der Waals surface area (Å²) in [5, 5.41) is 8.52. The molecular formula is C10H7F2N3O4S. The number of sulfonamides is 1. The Morgan fingerprint density at radius 3 is 2.50 bits per heavy atom. The average molecular weight is 303 g/mol. The van der Waals surface area contributed by atoms with Crippen molar-refractivity contribution in [3.05, 3.63) is 41.9 Å². The van der Waals surface area contributed by atoms with Crippen LogP contribution in [0.4, 0.5) is 14.5 Å². The van der Waals surface area contributed by atoms with Gasteiger partial charge in [-0.2, -0.15) is 8.42 Å². The first-order valence-electron chi connectivity index (χ1n) is 5.05. The van der Waals surface area contributed by atoms with Gasteiger partial charge in [0.25, 0.3) is 10.0 Å². The second kappa shape index (κ2) is 4.89. The number of hydrogen-bond donors (Lipinski definition) is 3. The van der Waals surface area contributed by atoms with Gasteiger partial charge in [-0.3, -0.25) is 4.72 Å². The van der Waals surface area contributed by atoms with Crippen LogP contribution in [-0.4, -0.2) is 29.5 Å². The third-order valence-electron chi connectivity index (χ3n) is 2.30. The highest BCUT2D eigenvalue weighted by Crippen LogP contribution is 2.22. The average Bonchev–Trinajstić information content (AvgIpc) is 2.87. The number of aromatic amines is 1. The summed E-state index contributed by atoms with van der Waals surface area (Å²) in [6, 6.07) is 0.842. The SMILES string of the molecule is O=C(O)c1cc(F)c(F)cc1NS(=O)(=O)c1cnc[nH]1. The van der Waals surface area contributed by atoms with Crippen molar-refractivity contribution in [2.75, 3.05) is 4.72 Å². The summed E-state index contributed by atoms with van der Waals surface area (Å²) in [4.78, 5) is 16.7. The van der Waals surface area contributed by atoms with Gasteiger partial charge in [0.15, 0.2) is 16.7 Å². The number of benzene rings is 1. The van der Waals surface area contributed by atoms with E-state index in [1.807, 2.05) is 4.72 Å². The molecule has 20 heavy (non-hydrogen) atoms. The predicted octanol–water partition coefficient (Wildman–Crippen LogP) is 1.19. The lowest BCUT2D eigenvalue weighted by atomic mass is 10.2. The Kier molecular flexibility index (Phi) is 3.40. The highest BCUT2D eigenvalue weighted by Gasteiger charge is 2.21. The number of carboxylic acids is 1. The second-order valence-electron chi connectivity index (χ2n) is 3.64. The molecule has 0 saturated carbocycles. The normalized spacial score (nSPS) is 11.3.